The van der Waals surface area contributed by atoms with Crippen LogP contribution in [0.1, 0.15) is 0 Å². The Hall–Kier alpha value is -3.21. The Morgan fingerprint density at radius 3 is 0.806 bits per heavy atom. The first-order valence-corrected chi connectivity index (χ1v) is 8.80. The summed E-state index contributed by atoms with van der Waals surface area (Å²) in [4.78, 5) is 30.0. The normalized spacial score (nSPS) is 7.77. The molecule has 3 aromatic rings. The van der Waals surface area contributed by atoms with Crippen LogP contribution in [0.15, 0.2) is 91.0 Å². The zero-order chi connectivity index (χ0) is 23.0. The van der Waals surface area contributed by atoms with Crippen molar-refractivity contribution in [3.63, 3.8) is 0 Å². The second-order valence-electron chi connectivity index (χ2n) is 4.44. The van der Waals surface area contributed by atoms with Gasteiger partial charge in [0.2, 0.25) is 0 Å². The predicted molar refractivity (Wildman–Crippen MR) is 111 cm³/mol. The van der Waals surface area contributed by atoms with E-state index in [9.17, 15) is 0 Å². The number of para-hydroxylation sites is 3. The zero-order valence-corrected chi connectivity index (χ0v) is 18.5. The molecule has 31 heavy (non-hydrogen) atoms. The average molecular weight is 523 g/mol. The molecule has 0 saturated heterocycles. The molecule has 9 heteroatoms. The van der Waals surface area contributed by atoms with Gasteiger partial charge in [0.25, 0.3) is 27.2 Å². The second kappa shape index (κ2) is 24.8. The molecule has 0 heterocycles. The third kappa shape index (κ3) is 15.3. The molecule has 8 radical (unpaired) electrons. The monoisotopic (exact) mass is 524 g/mol. The Labute approximate surface area is 196 Å². The van der Waals surface area contributed by atoms with Crippen LogP contribution in [0.5, 0.6) is 17.2 Å². The zero-order valence-electron chi connectivity index (χ0n) is 15.8. The molecule has 3 rings (SSSR count). The van der Waals surface area contributed by atoms with Gasteiger partial charge in [-0.15, -0.1) is 0 Å². The summed E-state index contributed by atoms with van der Waals surface area (Å²) in [6, 6.07) is 28.5. The fourth-order valence-corrected chi connectivity index (χ4v) is 2.75. The molecule has 0 spiro atoms. The van der Waals surface area contributed by atoms with Crippen LogP contribution < -0.4 is 13.6 Å². The third-order valence-electron chi connectivity index (χ3n) is 2.77. The summed E-state index contributed by atoms with van der Waals surface area (Å²) < 4.78 is 17.5. The largest absolute Gasteiger partial charge is 0.530 e. The minimum Gasteiger partial charge on any atom is -0.409 e. The van der Waals surface area contributed by atoms with Gasteiger partial charge in [0.05, 0.1) is 0 Å². The maximum Gasteiger partial charge on any atom is 0.530 e. The number of hydrogen-bond donors (Lipinski definition) is 0. The molecular weight excluding hydrogens is 508 g/mol. The standard InChI is InChI=1S/C18H15O3P.4CO.Ru/c1-4-10-16(11-5-1)19-22(20-17-12-6-2-7-13-17)21-18-14-8-3-9-15-18;4*1-2;/h1-15H;;;;;. The summed E-state index contributed by atoms with van der Waals surface area (Å²) in [5.41, 5.74) is 0. The molecule has 158 valence electrons. The minimum absolute atomic E-state index is 0. The van der Waals surface area contributed by atoms with E-state index in [0.717, 1.165) is 0 Å². The first kappa shape index (κ1) is 32.5. The van der Waals surface area contributed by atoms with Gasteiger partial charge in [-0.25, -0.2) is 0 Å². The van der Waals surface area contributed by atoms with E-state index < -0.39 is 8.60 Å². The molecule has 3 aromatic carbocycles. The summed E-state index contributed by atoms with van der Waals surface area (Å²) in [5, 5.41) is 0. The first-order chi connectivity index (χ1) is 14.9. The summed E-state index contributed by atoms with van der Waals surface area (Å²) in [6.45, 7) is 18.0. The number of hydrogen-bond acceptors (Lipinski definition) is 7. The van der Waals surface area contributed by atoms with Crippen molar-refractivity contribution < 1.29 is 52.2 Å². The Morgan fingerprint density at radius 1 is 0.419 bits per heavy atom. The third-order valence-corrected chi connectivity index (χ3v) is 3.85. The number of carbonyl (C=O) groups excluding carboxylic acids is 4. The van der Waals surface area contributed by atoms with E-state index in [4.69, 9.17) is 32.7 Å². The van der Waals surface area contributed by atoms with Crippen molar-refractivity contribution in [2.24, 2.45) is 0 Å². The molecule has 0 unspecified atom stereocenters. The Balaban J connectivity index is -0.000000785. The van der Waals surface area contributed by atoms with Crippen LogP contribution in [0, 0.1) is 0 Å². The molecule has 7 nitrogen and oxygen atoms in total. The average Bonchev–Trinajstić information content (AvgIpc) is 2.86. The van der Waals surface area contributed by atoms with E-state index in [0.29, 0.717) is 17.2 Å². The van der Waals surface area contributed by atoms with E-state index in [1.807, 2.05) is 91.0 Å². The summed E-state index contributed by atoms with van der Waals surface area (Å²) in [7, 11) is -1.59. The molecule has 0 N–H and O–H groups in total. The fourth-order valence-electron chi connectivity index (χ4n) is 1.76. The van der Waals surface area contributed by atoms with Gasteiger partial charge in [0.1, 0.15) is 17.2 Å². The van der Waals surface area contributed by atoms with Crippen LogP contribution in [0.2, 0.25) is 0 Å². The van der Waals surface area contributed by atoms with Gasteiger partial charge in [0.15, 0.2) is 0 Å². The van der Waals surface area contributed by atoms with Crippen LogP contribution in [0.25, 0.3) is 0 Å². The van der Waals surface area contributed by atoms with Gasteiger partial charge in [-0.3, -0.25) is 19.2 Å². The quantitative estimate of drug-likeness (QED) is 0.358. The molecule has 0 atom stereocenters. The maximum absolute atomic E-state index is 7.50. The minimum atomic E-state index is -1.59. The summed E-state index contributed by atoms with van der Waals surface area (Å²) in [5.74, 6) is 2.13. The number of rotatable bonds is 6. The van der Waals surface area contributed by atoms with Gasteiger partial charge < -0.3 is 13.6 Å². The predicted octanol–water partition coefficient (Wildman–Crippen LogP) is 3.86. The molecule has 0 saturated carbocycles. The summed E-state index contributed by atoms with van der Waals surface area (Å²) in [6.07, 6.45) is 0. The SMILES string of the molecule is [C]=O.[C]=O.[C]=O.[C]=O.[Ru].c1ccc(OP(Oc2ccccc2)Oc2ccccc2)cc1. The van der Waals surface area contributed by atoms with Crippen molar-refractivity contribution in [1.29, 1.82) is 0 Å². The van der Waals surface area contributed by atoms with Crippen LogP contribution in [0.3, 0.4) is 0 Å². The van der Waals surface area contributed by atoms with E-state index in [-0.39, 0.29) is 19.5 Å². The van der Waals surface area contributed by atoms with Crippen molar-refractivity contribution in [2.45, 2.75) is 0 Å². The van der Waals surface area contributed by atoms with E-state index in [1.54, 1.807) is 0 Å². The maximum atomic E-state index is 7.50. The van der Waals surface area contributed by atoms with Crippen LogP contribution in [-0.2, 0) is 38.7 Å². The first-order valence-electron chi connectivity index (χ1n) is 7.71. The molecule has 0 aliphatic rings. The van der Waals surface area contributed by atoms with Crippen molar-refractivity contribution in [2.75, 3.05) is 0 Å². The van der Waals surface area contributed by atoms with Crippen molar-refractivity contribution in [1.82, 2.24) is 0 Å². The van der Waals surface area contributed by atoms with Gasteiger partial charge >= 0.3 is 8.60 Å². The van der Waals surface area contributed by atoms with Gasteiger partial charge in [-0.2, -0.15) is 0 Å². The molecule has 0 aliphatic heterocycles. The van der Waals surface area contributed by atoms with Crippen molar-refractivity contribution in [3.8, 4) is 17.2 Å². The number of benzene rings is 3. The van der Waals surface area contributed by atoms with E-state index in [1.165, 1.54) is 0 Å². The Morgan fingerprint density at radius 2 is 0.613 bits per heavy atom. The van der Waals surface area contributed by atoms with Gasteiger partial charge in [0, 0.05) is 19.5 Å². The molecule has 0 fully saturated rings. The van der Waals surface area contributed by atoms with Crippen LogP contribution in [0.4, 0.5) is 0 Å². The molecule has 0 aromatic heterocycles. The van der Waals surface area contributed by atoms with Gasteiger partial charge in [-0.05, 0) is 36.4 Å². The fraction of sp³-hybridized carbons (Fsp3) is 0. The van der Waals surface area contributed by atoms with Gasteiger partial charge in [-0.1, -0.05) is 54.6 Å². The van der Waals surface area contributed by atoms with E-state index >= 15 is 0 Å². The van der Waals surface area contributed by atoms with E-state index in [2.05, 4.69) is 27.2 Å². The molecule has 0 bridgehead atoms. The summed E-state index contributed by atoms with van der Waals surface area (Å²) >= 11 is 0. The smallest absolute Gasteiger partial charge is 0.409 e. The second-order valence-corrected chi connectivity index (χ2v) is 5.43. The van der Waals surface area contributed by atoms with Crippen LogP contribution in [-0.4, -0.2) is 27.2 Å². The Kier molecular flexibility index (Phi) is 26.0. The van der Waals surface area contributed by atoms with Crippen LogP contribution >= 0.6 is 8.60 Å². The molecule has 0 amide bonds. The Bertz CT molecular complexity index is 645. The molecule has 0 aliphatic carbocycles. The topological polar surface area (TPSA) is 96.0 Å². The van der Waals surface area contributed by atoms with Crippen molar-refractivity contribution in [3.05, 3.63) is 91.0 Å². The van der Waals surface area contributed by atoms with Crippen molar-refractivity contribution >= 4 is 35.8 Å². The molecular formula is C22H15O7PRu.